The zero-order valence-electron chi connectivity index (χ0n) is 18.6. The quantitative estimate of drug-likeness (QED) is 0.474. The van der Waals surface area contributed by atoms with Gasteiger partial charge in [-0.25, -0.2) is 0 Å². The van der Waals surface area contributed by atoms with Crippen LogP contribution >= 0.6 is 0 Å². The Morgan fingerprint density at radius 3 is 1.79 bits per heavy atom. The van der Waals surface area contributed by atoms with E-state index in [1.165, 1.54) is 25.7 Å². The zero-order chi connectivity index (χ0) is 22.1. The molecule has 2 atom stereocenters. The standard InChI is InChI=1S/C11H23N.C7H10N2.C6H8N2/c1-5-11(4)7-9(12)6-10(2,3)8-11;8-5-6-1-3-7(9)4-2-6;7-5-2-1-3-6(8)4-5/h9H,5-8,12H2,1-4H3;1-4H,5,8-9H2;1-4H,7-8H2. The number of anilines is 3. The molecule has 162 valence electrons. The molecule has 5 heteroatoms. The van der Waals surface area contributed by atoms with Crippen LogP contribution in [0.5, 0.6) is 0 Å². The van der Waals surface area contributed by atoms with Crippen LogP contribution in [0.15, 0.2) is 48.5 Å². The first-order valence-electron chi connectivity index (χ1n) is 10.4. The summed E-state index contributed by atoms with van der Waals surface area (Å²) in [5.74, 6) is 0. The number of hydrogen-bond acceptors (Lipinski definition) is 5. The van der Waals surface area contributed by atoms with Crippen molar-refractivity contribution in [2.45, 2.75) is 66.0 Å². The largest absolute Gasteiger partial charge is 0.399 e. The van der Waals surface area contributed by atoms with Crippen molar-refractivity contribution in [2.24, 2.45) is 22.3 Å². The maximum Gasteiger partial charge on any atom is 0.0334 e. The number of benzene rings is 2. The van der Waals surface area contributed by atoms with Crippen LogP contribution in [0.1, 0.15) is 58.9 Å². The van der Waals surface area contributed by atoms with E-state index in [0.29, 0.717) is 34.8 Å². The monoisotopic (exact) mass is 399 g/mol. The van der Waals surface area contributed by atoms with E-state index < -0.39 is 0 Å². The van der Waals surface area contributed by atoms with E-state index in [0.717, 1.165) is 11.3 Å². The molecule has 29 heavy (non-hydrogen) atoms. The Labute approximate surface area is 177 Å². The molecule has 0 spiro atoms. The Morgan fingerprint density at radius 1 is 0.862 bits per heavy atom. The molecule has 0 heterocycles. The molecule has 0 aliphatic heterocycles. The first-order chi connectivity index (χ1) is 13.5. The molecular formula is C24H41N5. The molecule has 0 amide bonds. The molecule has 3 rings (SSSR count). The van der Waals surface area contributed by atoms with Gasteiger partial charge in [-0.05, 0) is 66.0 Å². The predicted octanol–water partition coefficient (Wildman–Crippen LogP) is 4.52. The number of nitrogen functional groups attached to an aromatic ring is 3. The SMILES string of the molecule is CCC1(C)CC(N)CC(C)(C)C1.NCc1ccc(N)cc1.Nc1cccc(N)c1. The third-order valence-corrected chi connectivity index (χ3v) is 5.45. The second-order valence-corrected chi connectivity index (χ2v) is 9.29. The molecule has 1 aliphatic carbocycles. The topological polar surface area (TPSA) is 130 Å². The summed E-state index contributed by atoms with van der Waals surface area (Å²) in [6.07, 6.45) is 5.02. The van der Waals surface area contributed by atoms with E-state index in [1.54, 1.807) is 18.2 Å². The minimum Gasteiger partial charge on any atom is -0.399 e. The summed E-state index contributed by atoms with van der Waals surface area (Å²) < 4.78 is 0. The normalized spacial score (nSPS) is 22.5. The molecule has 0 saturated heterocycles. The highest BCUT2D eigenvalue weighted by Gasteiger charge is 2.38. The van der Waals surface area contributed by atoms with Gasteiger partial charge in [0.15, 0.2) is 0 Å². The van der Waals surface area contributed by atoms with Crippen molar-refractivity contribution in [3.05, 3.63) is 54.1 Å². The molecule has 2 unspecified atom stereocenters. The highest BCUT2D eigenvalue weighted by atomic mass is 14.7. The first-order valence-corrected chi connectivity index (χ1v) is 10.4. The molecule has 0 aromatic heterocycles. The van der Waals surface area contributed by atoms with Crippen molar-refractivity contribution in [3.8, 4) is 0 Å². The van der Waals surface area contributed by atoms with Crippen molar-refractivity contribution in [1.82, 2.24) is 0 Å². The van der Waals surface area contributed by atoms with Crippen LogP contribution in [0, 0.1) is 10.8 Å². The zero-order valence-corrected chi connectivity index (χ0v) is 18.6. The summed E-state index contributed by atoms with van der Waals surface area (Å²) in [5, 5.41) is 0. The minimum atomic E-state index is 0.429. The molecule has 2 aromatic rings. The molecule has 0 bridgehead atoms. The summed E-state index contributed by atoms with van der Waals surface area (Å²) in [6, 6.07) is 15.1. The molecule has 0 radical (unpaired) electrons. The van der Waals surface area contributed by atoms with Gasteiger partial charge in [-0.1, -0.05) is 52.3 Å². The molecule has 1 fully saturated rings. The van der Waals surface area contributed by atoms with Crippen molar-refractivity contribution < 1.29 is 0 Å². The van der Waals surface area contributed by atoms with E-state index >= 15 is 0 Å². The molecule has 10 N–H and O–H groups in total. The number of nitrogens with two attached hydrogens (primary N) is 5. The van der Waals surface area contributed by atoms with Gasteiger partial charge in [0.2, 0.25) is 0 Å². The van der Waals surface area contributed by atoms with Gasteiger partial charge in [-0.2, -0.15) is 0 Å². The van der Waals surface area contributed by atoms with Crippen molar-refractivity contribution in [3.63, 3.8) is 0 Å². The third-order valence-electron chi connectivity index (χ3n) is 5.45. The lowest BCUT2D eigenvalue weighted by Crippen LogP contribution is -2.41. The van der Waals surface area contributed by atoms with E-state index in [2.05, 4.69) is 27.7 Å². The molecule has 2 aromatic carbocycles. The molecular weight excluding hydrogens is 358 g/mol. The van der Waals surface area contributed by atoms with Crippen LogP contribution < -0.4 is 28.7 Å². The van der Waals surface area contributed by atoms with E-state index in [9.17, 15) is 0 Å². The van der Waals surface area contributed by atoms with Crippen molar-refractivity contribution in [1.29, 1.82) is 0 Å². The lowest BCUT2D eigenvalue weighted by atomic mass is 9.62. The Balaban J connectivity index is 0.000000223. The van der Waals surface area contributed by atoms with Crippen molar-refractivity contribution in [2.75, 3.05) is 17.2 Å². The highest BCUT2D eigenvalue weighted by Crippen LogP contribution is 2.47. The predicted molar refractivity (Wildman–Crippen MR) is 128 cm³/mol. The Morgan fingerprint density at radius 2 is 1.41 bits per heavy atom. The third kappa shape index (κ3) is 9.68. The van der Waals surface area contributed by atoms with Gasteiger partial charge < -0.3 is 28.7 Å². The Kier molecular flexibility index (Phi) is 9.47. The number of hydrogen-bond donors (Lipinski definition) is 5. The van der Waals surface area contributed by atoms with Gasteiger partial charge in [0.25, 0.3) is 0 Å². The maximum atomic E-state index is 6.06. The van der Waals surface area contributed by atoms with Gasteiger partial charge in [0, 0.05) is 29.6 Å². The van der Waals surface area contributed by atoms with Crippen LogP contribution in [0.25, 0.3) is 0 Å². The minimum absolute atomic E-state index is 0.429. The van der Waals surface area contributed by atoms with Crippen molar-refractivity contribution >= 4 is 17.1 Å². The van der Waals surface area contributed by atoms with Crippen LogP contribution in [-0.4, -0.2) is 6.04 Å². The molecule has 1 aliphatic rings. The van der Waals surface area contributed by atoms with Gasteiger partial charge in [-0.3, -0.25) is 0 Å². The smallest absolute Gasteiger partial charge is 0.0334 e. The van der Waals surface area contributed by atoms with Crippen LogP contribution in [0.2, 0.25) is 0 Å². The maximum absolute atomic E-state index is 6.06. The lowest BCUT2D eigenvalue weighted by Gasteiger charge is -2.45. The Bertz CT molecular complexity index is 709. The lowest BCUT2D eigenvalue weighted by molar-refractivity contribution is 0.0802. The fourth-order valence-electron chi connectivity index (χ4n) is 4.20. The molecule has 1 saturated carbocycles. The summed E-state index contributed by atoms with van der Waals surface area (Å²) in [6.45, 7) is 9.95. The summed E-state index contributed by atoms with van der Waals surface area (Å²) in [5.41, 5.74) is 31.9. The van der Waals surface area contributed by atoms with Crippen LogP contribution in [0.4, 0.5) is 17.1 Å². The fourth-order valence-corrected chi connectivity index (χ4v) is 4.20. The summed E-state index contributed by atoms with van der Waals surface area (Å²) >= 11 is 0. The van der Waals surface area contributed by atoms with E-state index in [4.69, 9.17) is 28.7 Å². The average molecular weight is 400 g/mol. The Hall–Kier alpha value is -2.24. The van der Waals surface area contributed by atoms with Crippen LogP contribution in [-0.2, 0) is 6.54 Å². The summed E-state index contributed by atoms with van der Waals surface area (Å²) in [4.78, 5) is 0. The first kappa shape index (κ1) is 24.8. The van der Waals surface area contributed by atoms with Gasteiger partial charge in [-0.15, -0.1) is 0 Å². The fraction of sp³-hybridized carbons (Fsp3) is 0.500. The van der Waals surface area contributed by atoms with Gasteiger partial charge >= 0.3 is 0 Å². The average Bonchev–Trinajstić information content (AvgIpc) is 2.61. The summed E-state index contributed by atoms with van der Waals surface area (Å²) in [7, 11) is 0. The highest BCUT2D eigenvalue weighted by molar-refractivity contribution is 5.50. The second-order valence-electron chi connectivity index (χ2n) is 9.29. The van der Waals surface area contributed by atoms with Gasteiger partial charge in [0.05, 0.1) is 0 Å². The second kappa shape index (κ2) is 11.1. The van der Waals surface area contributed by atoms with Gasteiger partial charge in [0.1, 0.15) is 0 Å². The molecule has 5 nitrogen and oxygen atoms in total. The number of rotatable bonds is 2. The van der Waals surface area contributed by atoms with E-state index in [1.807, 2.05) is 30.3 Å². The van der Waals surface area contributed by atoms with E-state index in [-0.39, 0.29) is 0 Å². The van der Waals surface area contributed by atoms with Crippen LogP contribution in [0.3, 0.4) is 0 Å².